The van der Waals surface area contributed by atoms with E-state index in [0.717, 1.165) is 5.56 Å². The highest BCUT2D eigenvalue weighted by atomic mass is 16.6. The molecule has 2 atom stereocenters. The molecular formula is C11H15NO4. The van der Waals surface area contributed by atoms with Gasteiger partial charge in [-0.3, -0.25) is 5.32 Å². The molecule has 0 radical (unpaired) electrons. The molecule has 16 heavy (non-hydrogen) atoms. The number of benzene rings is 1. The van der Waals surface area contributed by atoms with Gasteiger partial charge in [-0.15, -0.1) is 0 Å². The van der Waals surface area contributed by atoms with Crippen LogP contribution in [-0.4, -0.2) is 28.6 Å². The second kappa shape index (κ2) is 6.09. The molecule has 88 valence electrons. The Morgan fingerprint density at radius 3 is 2.56 bits per heavy atom. The third-order valence-corrected chi connectivity index (χ3v) is 1.94. The van der Waals surface area contributed by atoms with Crippen molar-refractivity contribution in [3.05, 3.63) is 35.9 Å². The van der Waals surface area contributed by atoms with Gasteiger partial charge in [0.1, 0.15) is 6.61 Å². The summed E-state index contributed by atoms with van der Waals surface area (Å²) < 4.78 is 4.83. The number of aliphatic hydroxyl groups excluding tert-OH is 2. The highest BCUT2D eigenvalue weighted by Gasteiger charge is 2.14. The minimum absolute atomic E-state index is 0.124. The fourth-order valence-electron chi connectivity index (χ4n) is 1.01. The summed E-state index contributed by atoms with van der Waals surface area (Å²) >= 11 is 0. The van der Waals surface area contributed by atoms with E-state index in [9.17, 15) is 4.79 Å². The van der Waals surface area contributed by atoms with Crippen LogP contribution in [0.1, 0.15) is 12.5 Å². The van der Waals surface area contributed by atoms with Crippen molar-refractivity contribution in [3.63, 3.8) is 0 Å². The van der Waals surface area contributed by atoms with Gasteiger partial charge >= 0.3 is 6.09 Å². The first kappa shape index (κ1) is 12.5. The monoisotopic (exact) mass is 225 g/mol. The second-order valence-corrected chi connectivity index (χ2v) is 3.39. The van der Waals surface area contributed by atoms with Gasteiger partial charge in [-0.2, -0.15) is 0 Å². The topological polar surface area (TPSA) is 78.8 Å². The molecule has 0 bridgehead atoms. The van der Waals surface area contributed by atoms with E-state index in [0.29, 0.717) is 0 Å². The Morgan fingerprint density at radius 1 is 1.38 bits per heavy atom. The lowest BCUT2D eigenvalue weighted by molar-refractivity contribution is 0.00687. The number of nitrogens with one attached hydrogen (secondary N) is 1. The predicted molar refractivity (Wildman–Crippen MR) is 57.5 cm³/mol. The molecule has 1 aromatic carbocycles. The van der Waals surface area contributed by atoms with E-state index < -0.39 is 18.4 Å². The van der Waals surface area contributed by atoms with E-state index in [2.05, 4.69) is 5.32 Å². The van der Waals surface area contributed by atoms with Crippen LogP contribution >= 0.6 is 0 Å². The van der Waals surface area contributed by atoms with Gasteiger partial charge in [0.15, 0.2) is 6.23 Å². The molecule has 0 spiro atoms. The van der Waals surface area contributed by atoms with Gasteiger partial charge in [-0.1, -0.05) is 30.3 Å². The van der Waals surface area contributed by atoms with Gasteiger partial charge in [0.25, 0.3) is 0 Å². The van der Waals surface area contributed by atoms with Gasteiger partial charge < -0.3 is 14.9 Å². The first-order valence-corrected chi connectivity index (χ1v) is 4.93. The Labute approximate surface area is 93.7 Å². The Morgan fingerprint density at radius 2 is 2.00 bits per heavy atom. The zero-order valence-corrected chi connectivity index (χ0v) is 8.96. The quantitative estimate of drug-likeness (QED) is 0.656. The number of amides is 1. The molecule has 3 N–H and O–H groups in total. The molecular weight excluding hydrogens is 210 g/mol. The lowest BCUT2D eigenvalue weighted by Crippen LogP contribution is -2.42. The van der Waals surface area contributed by atoms with E-state index in [4.69, 9.17) is 14.9 Å². The number of carbonyl (C=O) groups excluding carboxylic acids is 1. The van der Waals surface area contributed by atoms with Gasteiger partial charge in [-0.25, -0.2) is 4.79 Å². The molecule has 0 fully saturated rings. The third kappa shape index (κ3) is 4.29. The van der Waals surface area contributed by atoms with Crippen molar-refractivity contribution in [3.8, 4) is 0 Å². The van der Waals surface area contributed by atoms with Crippen LogP contribution in [0.3, 0.4) is 0 Å². The molecule has 0 aliphatic carbocycles. The van der Waals surface area contributed by atoms with Crippen molar-refractivity contribution in [1.29, 1.82) is 0 Å². The summed E-state index contributed by atoms with van der Waals surface area (Å²) in [6.45, 7) is 1.49. The van der Waals surface area contributed by atoms with Crippen molar-refractivity contribution < 1.29 is 19.7 Å². The molecule has 0 saturated carbocycles. The van der Waals surface area contributed by atoms with E-state index in [1.807, 2.05) is 30.3 Å². The fraction of sp³-hybridized carbons (Fsp3) is 0.364. The predicted octanol–water partition coefficient (Wildman–Crippen LogP) is 0.612. The van der Waals surface area contributed by atoms with Crippen molar-refractivity contribution in [1.82, 2.24) is 5.32 Å². The van der Waals surface area contributed by atoms with Crippen LogP contribution < -0.4 is 5.32 Å². The van der Waals surface area contributed by atoms with Crippen molar-refractivity contribution in [2.75, 3.05) is 0 Å². The van der Waals surface area contributed by atoms with Gasteiger partial charge in [0.2, 0.25) is 0 Å². The number of hydrogen-bond acceptors (Lipinski definition) is 4. The summed E-state index contributed by atoms with van der Waals surface area (Å²) in [5.41, 5.74) is 0.851. The maximum Gasteiger partial charge on any atom is 0.409 e. The summed E-state index contributed by atoms with van der Waals surface area (Å²) in [5, 5.41) is 20.2. The van der Waals surface area contributed by atoms with E-state index in [1.54, 1.807) is 0 Å². The molecule has 0 heterocycles. The minimum Gasteiger partial charge on any atom is -0.445 e. The maximum absolute atomic E-state index is 11.1. The number of rotatable bonds is 4. The Balaban J connectivity index is 2.31. The van der Waals surface area contributed by atoms with Crippen molar-refractivity contribution >= 4 is 6.09 Å². The summed E-state index contributed by atoms with van der Waals surface area (Å²) in [7, 11) is 0. The SMILES string of the molecule is CC(O)C(O)NC(=O)OCc1ccccc1. The number of carbonyl (C=O) groups is 1. The average Bonchev–Trinajstić information content (AvgIpc) is 2.27. The summed E-state index contributed by atoms with van der Waals surface area (Å²) in [6, 6.07) is 9.17. The van der Waals surface area contributed by atoms with Crippen LogP contribution in [0.15, 0.2) is 30.3 Å². The molecule has 1 amide bonds. The summed E-state index contributed by atoms with van der Waals surface area (Å²) in [6.07, 6.45) is -3.12. The second-order valence-electron chi connectivity index (χ2n) is 3.39. The maximum atomic E-state index is 11.1. The van der Waals surface area contributed by atoms with E-state index in [1.165, 1.54) is 6.92 Å². The van der Waals surface area contributed by atoms with Crippen LogP contribution in [0.2, 0.25) is 0 Å². The van der Waals surface area contributed by atoms with Gasteiger partial charge in [-0.05, 0) is 12.5 Å². The average molecular weight is 225 g/mol. The smallest absolute Gasteiger partial charge is 0.409 e. The normalized spacial score (nSPS) is 13.9. The zero-order valence-electron chi connectivity index (χ0n) is 8.96. The molecule has 1 rings (SSSR count). The number of ether oxygens (including phenoxy) is 1. The number of hydrogen-bond donors (Lipinski definition) is 3. The first-order valence-electron chi connectivity index (χ1n) is 4.93. The summed E-state index contributed by atoms with van der Waals surface area (Å²) in [4.78, 5) is 11.1. The molecule has 2 unspecified atom stereocenters. The van der Waals surface area contributed by atoms with Crippen LogP contribution in [0.5, 0.6) is 0 Å². The fourth-order valence-corrected chi connectivity index (χ4v) is 1.01. The zero-order chi connectivity index (χ0) is 12.0. The highest BCUT2D eigenvalue weighted by Crippen LogP contribution is 2.00. The summed E-state index contributed by atoms with van der Waals surface area (Å²) in [5.74, 6) is 0. The highest BCUT2D eigenvalue weighted by molar-refractivity contribution is 5.67. The molecule has 1 aromatic rings. The molecule has 5 nitrogen and oxygen atoms in total. The molecule has 0 aliphatic rings. The van der Waals surface area contributed by atoms with Gasteiger partial charge in [0.05, 0.1) is 6.10 Å². The number of aliphatic hydroxyl groups is 2. The van der Waals surface area contributed by atoms with Crippen LogP contribution in [0, 0.1) is 0 Å². The van der Waals surface area contributed by atoms with E-state index in [-0.39, 0.29) is 6.61 Å². The van der Waals surface area contributed by atoms with Crippen LogP contribution in [0.4, 0.5) is 4.79 Å². The van der Waals surface area contributed by atoms with Crippen LogP contribution in [0.25, 0.3) is 0 Å². The minimum atomic E-state index is -1.32. The first-order chi connectivity index (χ1) is 7.59. The Bertz CT molecular complexity index is 326. The van der Waals surface area contributed by atoms with Crippen molar-refractivity contribution in [2.24, 2.45) is 0 Å². The number of alkyl carbamates (subject to hydrolysis) is 1. The van der Waals surface area contributed by atoms with Crippen molar-refractivity contribution in [2.45, 2.75) is 25.9 Å². The molecule has 0 aromatic heterocycles. The van der Waals surface area contributed by atoms with E-state index >= 15 is 0 Å². The Hall–Kier alpha value is -1.59. The lowest BCUT2D eigenvalue weighted by atomic mass is 10.2. The molecule has 0 aliphatic heterocycles. The standard InChI is InChI=1S/C11H15NO4/c1-8(13)10(14)12-11(15)16-7-9-5-3-2-4-6-9/h2-6,8,10,13-14H,7H2,1H3,(H,12,15). The van der Waals surface area contributed by atoms with Crippen LogP contribution in [-0.2, 0) is 11.3 Å². The molecule has 0 saturated heterocycles. The Kier molecular flexibility index (Phi) is 4.75. The van der Waals surface area contributed by atoms with Gasteiger partial charge in [0, 0.05) is 0 Å². The third-order valence-electron chi connectivity index (χ3n) is 1.94. The molecule has 5 heteroatoms. The largest absolute Gasteiger partial charge is 0.445 e. The lowest BCUT2D eigenvalue weighted by Gasteiger charge is -2.15.